The molecule has 3 rings (SSSR count). The van der Waals surface area contributed by atoms with Gasteiger partial charge in [-0.05, 0) is 36.6 Å². The summed E-state index contributed by atoms with van der Waals surface area (Å²) >= 11 is 9.28. The van der Waals surface area contributed by atoms with Crippen LogP contribution in [0.5, 0.6) is 0 Å². The zero-order chi connectivity index (χ0) is 17.5. The molecule has 6 nitrogen and oxygen atoms in total. The van der Waals surface area contributed by atoms with Gasteiger partial charge >= 0.3 is 0 Å². The SMILES string of the molecule is O=[N+]([O-])c1cccc(Cl)c1S(=O)(=O)NC1(c2ccc(Br)cc2)CC1. The van der Waals surface area contributed by atoms with E-state index in [1.807, 2.05) is 24.3 Å². The fourth-order valence-corrected chi connectivity index (χ4v) is 4.98. The molecule has 0 amide bonds. The van der Waals surface area contributed by atoms with Crippen molar-refractivity contribution in [2.24, 2.45) is 0 Å². The standard InChI is InChI=1S/C15H12BrClN2O4S/c16-11-6-4-10(5-7-11)15(8-9-15)18-24(22,23)14-12(17)2-1-3-13(14)19(20)21/h1-7,18H,8-9H2. The normalized spacial score (nSPS) is 15.9. The molecule has 1 N–H and O–H groups in total. The van der Waals surface area contributed by atoms with Crippen molar-refractivity contribution >= 4 is 43.2 Å². The molecule has 0 radical (unpaired) electrons. The highest BCUT2D eigenvalue weighted by Gasteiger charge is 2.48. The van der Waals surface area contributed by atoms with Gasteiger partial charge in [0.25, 0.3) is 5.69 Å². The van der Waals surface area contributed by atoms with E-state index in [-0.39, 0.29) is 5.02 Å². The lowest BCUT2D eigenvalue weighted by Gasteiger charge is -2.18. The molecule has 1 aliphatic rings. The first kappa shape index (κ1) is 17.3. The van der Waals surface area contributed by atoms with Gasteiger partial charge in [-0.1, -0.05) is 45.7 Å². The number of nitro benzene ring substituents is 1. The summed E-state index contributed by atoms with van der Waals surface area (Å²) in [5.41, 5.74) is -0.474. The van der Waals surface area contributed by atoms with Gasteiger partial charge in [0.2, 0.25) is 10.0 Å². The quantitative estimate of drug-likeness (QED) is 0.573. The van der Waals surface area contributed by atoms with Crippen molar-refractivity contribution in [3.8, 4) is 0 Å². The number of sulfonamides is 1. The molecule has 0 saturated heterocycles. The molecule has 0 spiro atoms. The molecule has 24 heavy (non-hydrogen) atoms. The van der Waals surface area contributed by atoms with Gasteiger partial charge < -0.3 is 0 Å². The van der Waals surface area contributed by atoms with Crippen LogP contribution in [-0.2, 0) is 15.6 Å². The Morgan fingerprint density at radius 2 is 1.79 bits per heavy atom. The third-order valence-corrected chi connectivity index (χ3v) is 6.47. The van der Waals surface area contributed by atoms with Crippen LogP contribution in [0.25, 0.3) is 0 Å². The predicted octanol–water partition coefficient (Wildman–Crippen LogP) is 3.98. The number of nitrogens with one attached hydrogen (secondary N) is 1. The predicted molar refractivity (Wildman–Crippen MR) is 93.5 cm³/mol. The van der Waals surface area contributed by atoms with Crippen LogP contribution in [-0.4, -0.2) is 13.3 Å². The Labute approximate surface area is 152 Å². The van der Waals surface area contributed by atoms with Crippen LogP contribution in [0.3, 0.4) is 0 Å². The van der Waals surface area contributed by atoms with Gasteiger partial charge in [-0.2, -0.15) is 0 Å². The van der Waals surface area contributed by atoms with E-state index >= 15 is 0 Å². The van der Waals surface area contributed by atoms with Gasteiger partial charge in [-0.3, -0.25) is 10.1 Å². The third kappa shape index (κ3) is 3.19. The number of benzene rings is 2. The molecule has 1 saturated carbocycles. The van der Waals surface area contributed by atoms with E-state index < -0.39 is 31.1 Å². The van der Waals surface area contributed by atoms with Crippen LogP contribution < -0.4 is 4.72 Å². The Morgan fingerprint density at radius 1 is 1.17 bits per heavy atom. The fourth-order valence-electron chi connectivity index (χ4n) is 2.56. The van der Waals surface area contributed by atoms with E-state index in [2.05, 4.69) is 20.7 Å². The molecule has 0 heterocycles. The van der Waals surface area contributed by atoms with Gasteiger partial charge in [0.1, 0.15) is 0 Å². The molecule has 0 atom stereocenters. The monoisotopic (exact) mass is 430 g/mol. The number of halogens is 2. The third-order valence-electron chi connectivity index (χ3n) is 3.89. The topological polar surface area (TPSA) is 89.3 Å². The number of hydrogen-bond donors (Lipinski definition) is 1. The maximum Gasteiger partial charge on any atom is 0.290 e. The highest BCUT2D eigenvalue weighted by molar-refractivity contribution is 9.10. The van der Waals surface area contributed by atoms with E-state index in [9.17, 15) is 18.5 Å². The molecule has 2 aromatic carbocycles. The zero-order valence-corrected chi connectivity index (χ0v) is 15.4. The van der Waals surface area contributed by atoms with Crippen molar-refractivity contribution in [1.82, 2.24) is 4.72 Å². The number of nitro groups is 1. The van der Waals surface area contributed by atoms with Gasteiger partial charge in [-0.15, -0.1) is 0 Å². The van der Waals surface area contributed by atoms with Crippen molar-refractivity contribution in [2.75, 3.05) is 0 Å². The fraction of sp³-hybridized carbons (Fsp3) is 0.200. The van der Waals surface area contributed by atoms with E-state index in [0.29, 0.717) is 12.8 Å². The Bertz CT molecular complexity index is 912. The summed E-state index contributed by atoms with van der Waals surface area (Å²) in [5, 5.41) is 11.0. The summed E-state index contributed by atoms with van der Waals surface area (Å²) in [6.45, 7) is 0. The Kier molecular flexibility index (Phi) is 4.41. The molecule has 2 aromatic rings. The molecule has 126 valence electrons. The van der Waals surface area contributed by atoms with Crippen molar-refractivity contribution in [1.29, 1.82) is 0 Å². The highest BCUT2D eigenvalue weighted by atomic mass is 79.9. The summed E-state index contributed by atoms with van der Waals surface area (Å²) in [4.78, 5) is 9.91. The Hall–Kier alpha value is -1.48. The summed E-state index contributed by atoms with van der Waals surface area (Å²) < 4.78 is 29.0. The van der Waals surface area contributed by atoms with Gasteiger partial charge in [0.15, 0.2) is 4.90 Å². The molecular weight excluding hydrogens is 420 g/mol. The molecule has 9 heteroatoms. The van der Waals surface area contributed by atoms with Crippen molar-refractivity contribution < 1.29 is 13.3 Å². The van der Waals surface area contributed by atoms with E-state index in [0.717, 1.165) is 16.1 Å². The van der Waals surface area contributed by atoms with Crippen LogP contribution in [0.1, 0.15) is 18.4 Å². The smallest absolute Gasteiger partial charge is 0.258 e. The summed E-state index contributed by atoms with van der Waals surface area (Å²) in [7, 11) is -4.16. The molecule has 0 aromatic heterocycles. The highest BCUT2D eigenvalue weighted by Crippen LogP contribution is 2.47. The molecule has 0 aliphatic heterocycles. The van der Waals surface area contributed by atoms with Crippen molar-refractivity contribution in [3.05, 3.63) is 67.6 Å². The second-order valence-corrected chi connectivity index (χ2v) is 8.48. The minimum atomic E-state index is -4.16. The first-order valence-corrected chi connectivity index (χ1v) is 9.63. The molecular formula is C15H12BrClN2O4S. The van der Waals surface area contributed by atoms with Crippen molar-refractivity contribution in [3.63, 3.8) is 0 Å². The second kappa shape index (κ2) is 6.11. The van der Waals surface area contributed by atoms with Gasteiger partial charge in [-0.25, -0.2) is 13.1 Å². The van der Waals surface area contributed by atoms with E-state index in [4.69, 9.17) is 11.6 Å². The number of nitrogens with zero attached hydrogens (tertiary/aromatic N) is 1. The maximum atomic E-state index is 12.8. The summed E-state index contributed by atoms with van der Waals surface area (Å²) in [5.74, 6) is 0. The molecule has 0 unspecified atom stereocenters. The summed E-state index contributed by atoms with van der Waals surface area (Å²) in [6, 6.07) is 11.1. The van der Waals surface area contributed by atoms with Gasteiger partial charge in [0.05, 0.1) is 15.5 Å². The average molecular weight is 432 g/mol. The minimum absolute atomic E-state index is 0.177. The lowest BCUT2D eigenvalue weighted by Crippen LogP contribution is -2.35. The van der Waals surface area contributed by atoms with Crippen LogP contribution >= 0.6 is 27.5 Å². The average Bonchev–Trinajstić information content (AvgIpc) is 3.27. The lowest BCUT2D eigenvalue weighted by molar-refractivity contribution is -0.387. The number of rotatable bonds is 5. The van der Waals surface area contributed by atoms with Crippen LogP contribution in [0.15, 0.2) is 51.8 Å². The van der Waals surface area contributed by atoms with Crippen LogP contribution in [0, 0.1) is 10.1 Å². The van der Waals surface area contributed by atoms with Crippen molar-refractivity contribution in [2.45, 2.75) is 23.3 Å². The number of hydrogen-bond acceptors (Lipinski definition) is 4. The maximum absolute atomic E-state index is 12.8. The van der Waals surface area contributed by atoms with Crippen LogP contribution in [0.2, 0.25) is 5.02 Å². The van der Waals surface area contributed by atoms with Crippen LogP contribution in [0.4, 0.5) is 5.69 Å². The summed E-state index contributed by atoms with van der Waals surface area (Å²) in [6.07, 6.45) is 1.23. The molecule has 1 fully saturated rings. The first-order valence-electron chi connectivity index (χ1n) is 6.98. The van der Waals surface area contributed by atoms with E-state index in [1.165, 1.54) is 12.1 Å². The second-order valence-electron chi connectivity index (χ2n) is 5.54. The lowest BCUT2D eigenvalue weighted by atomic mass is 10.1. The largest absolute Gasteiger partial charge is 0.290 e. The van der Waals surface area contributed by atoms with Gasteiger partial charge in [0, 0.05) is 10.5 Å². The Balaban J connectivity index is 2.01. The Morgan fingerprint density at radius 3 is 2.33 bits per heavy atom. The minimum Gasteiger partial charge on any atom is -0.258 e. The molecule has 1 aliphatic carbocycles. The van der Waals surface area contributed by atoms with E-state index in [1.54, 1.807) is 0 Å². The zero-order valence-electron chi connectivity index (χ0n) is 12.2. The first-order chi connectivity index (χ1) is 11.3. The molecule has 0 bridgehead atoms.